The van der Waals surface area contributed by atoms with Crippen LogP contribution >= 0.6 is 0 Å². The zero-order valence-corrected chi connectivity index (χ0v) is 29.4. The number of carbonyl (C=O) groups excluding carboxylic acids is 2. The van der Waals surface area contributed by atoms with Gasteiger partial charge in [0, 0.05) is 48.6 Å². The smallest absolute Gasteiger partial charge is 0.253 e. The fraction of sp³-hybridized carbons (Fsp3) is 0.558. The Hall–Kier alpha value is -3.55. The lowest BCUT2D eigenvalue weighted by atomic mass is 9.84. The minimum atomic E-state index is -0.114. The number of hydrogen-bond acceptors (Lipinski definition) is 5. The van der Waals surface area contributed by atoms with Gasteiger partial charge in [0.1, 0.15) is 0 Å². The SMILES string of the molecule is O=C(NC1CCC(CCN2C3CCC2c2ccccc23)CC1)c1cncc(C(=O)NC2CCC(CCN3C4CCC3c3ccccc34)CC2)c1. The second kappa shape index (κ2) is 13.9. The van der Waals surface area contributed by atoms with E-state index >= 15 is 0 Å². The first-order valence-corrected chi connectivity index (χ1v) is 19.8. The molecule has 7 nitrogen and oxygen atoms in total. The number of benzene rings is 2. The van der Waals surface area contributed by atoms with E-state index in [9.17, 15) is 9.59 Å². The third-order valence-corrected chi connectivity index (χ3v) is 13.7. The summed E-state index contributed by atoms with van der Waals surface area (Å²) in [4.78, 5) is 36.3. The van der Waals surface area contributed by atoms with Crippen LogP contribution in [-0.2, 0) is 0 Å². The topological polar surface area (TPSA) is 77.6 Å². The first-order chi connectivity index (χ1) is 24.6. The number of nitrogens with zero attached hydrogens (tertiary/aromatic N) is 3. The van der Waals surface area contributed by atoms with Crippen LogP contribution in [0.1, 0.15) is 157 Å². The number of aromatic nitrogens is 1. The van der Waals surface area contributed by atoms with E-state index < -0.39 is 0 Å². The molecule has 1 aromatic heterocycles. The van der Waals surface area contributed by atoms with Gasteiger partial charge in [-0.05, 0) is 143 Å². The van der Waals surface area contributed by atoms with Gasteiger partial charge in [-0.15, -0.1) is 0 Å². The summed E-state index contributed by atoms with van der Waals surface area (Å²) in [5, 5.41) is 6.53. The lowest BCUT2D eigenvalue weighted by molar-refractivity contribution is 0.0918. The van der Waals surface area contributed by atoms with Gasteiger partial charge in [-0.3, -0.25) is 24.4 Å². The van der Waals surface area contributed by atoms with Crippen molar-refractivity contribution >= 4 is 11.8 Å². The van der Waals surface area contributed by atoms with E-state index in [2.05, 4.69) is 73.9 Å². The van der Waals surface area contributed by atoms with Gasteiger partial charge >= 0.3 is 0 Å². The number of rotatable bonds is 10. The van der Waals surface area contributed by atoms with Gasteiger partial charge in [-0.2, -0.15) is 0 Å². The molecule has 9 rings (SSSR count). The minimum absolute atomic E-state index is 0.114. The van der Waals surface area contributed by atoms with Crippen LogP contribution < -0.4 is 10.6 Å². The zero-order chi connectivity index (χ0) is 33.6. The van der Waals surface area contributed by atoms with Crippen molar-refractivity contribution in [1.82, 2.24) is 25.4 Å². The third kappa shape index (κ3) is 6.19. The Balaban J connectivity index is 0.698. The average molecular weight is 672 g/mol. The number of hydrogen-bond donors (Lipinski definition) is 2. The van der Waals surface area contributed by atoms with E-state index in [-0.39, 0.29) is 23.9 Å². The van der Waals surface area contributed by atoms with Crippen molar-refractivity contribution in [3.05, 3.63) is 100 Å². The van der Waals surface area contributed by atoms with Crippen LogP contribution in [0.2, 0.25) is 0 Å². The van der Waals surface area contributed by atoms with Gasteiger partial charge in [0.2, 0.25) is 0 Å². The summed E-state index contributed by atoms with van der Waals surface area (Å²) >= 11 is 0. The molecule has 2 aromatic carbocycles. The maximum atomic E-state index is 13.3. The Labute approximate surface area is 297 Å². The second-order valence-corrected chi connectivity index (χ2v) is 16.4. The Morgan fingerprint density at radius 2 is 0.900 bits per heavy atom. The summed E-state index contributed by atoms with van der Waals surface area (Å²) in [5.41, 5.74) is 7.22. The van der Waals surface area contributed by atoms with E-state index in [1.54, 1.807) is 40.7 Å². The zero-order valence-electron chi connectivity index (χ0n) is 29.4. The molecular weight excluding hydrogens is 619 g/mol. The molecular formula is C43H53N5O2. The van der Waals surface area contributed by atoms with Gasteiger partial charge in [0.15, 0.2) is 0 Å². The molecule has 2 saturated carbocycles. The van der Waals surface area contributed by atoms with Crippen molar-refractivity contribution < 1.29 is 9.59 Å². The van der Waals surface area contributed by atoms with Crippen LogP contribution in [0.25, 0.3) is 0 Å². The molecule has 4 aliphatic heterocycles. The number of fused-ring (bicyclic) bond motifs is 10. The molecule has 0 spiro atoms. The summed E-state index contributed by atoms with van der Waals surface area (Å²) in [6.07, 6.45) is 19.6. The summed E-state index contributed by atoms with van der Waals surface area (Å²) < 4.78 is 0. The van der Waals surface area contributed by atoms with Crippen molar-refractivity contribution in [2.45, 2.75) is 126 Å². The molecule has 5 heterocycles. The van der Waals surface area contributed by atoms with Gasteiger partial charge in [-0.1, -0.05) is 48.5 Å². The van der Waals surface area contributed by atoms with E-state index in [4.69, 9.17) is 0 Å². The first kappa shape index (κ1) is 32.4. The van der Waals surface area contributed by atoms with Crippen molar-refractivity contribution in [3.8, 4) is 0 Å². The molecule has 0 radical (unpaired) electrons. The number of amides is 2. The molecule has 4 unspecified atom stereocenters. The average Bonchev–Trinajstić information content (AvgIpc) is 3.92. The normalized spacial score (nSPS) is 31.4. The van der Waals surface area contributed by atoms with E-state index in [0.717, 1.165) is 63.2 Å². The van der Waals surface area contributed by atoms with Crippen molar-refractivity contribution in [1.29, 1.82) is 0 Å². The van der Waals surface area contributed by atoms with Crippen LogP contribution in [0, 0.1) is 11.8 Å². The van der Waals surface area contributed by atoms with Crippen LogP contribution in [0.4, 0.5) is 0 Å². The maximum absolute atomic E-state index is 13.3. The molecule has 6 aliphatic rings. The molecule has 4 bridgehead atoms. The largest absolute Gasteiger partial charge is 0.349 e. The molecule has 7 heteroatoms. The summed E-state index contributed by atoms with van der Waals surface area (Å²) in [5.74, 6) is 1.23. The fourth-order valence-electron chi connectivity index (χ4n) is 11.0. The highest BCUT2D eigenvalue weighted by molar-refractivity contribution is 5.99. The van der Waals surface area contributed by atoms with E-state index in [0.29, 0.717) is 35.3 Å². The predicted molar refractivity (Wildman–Crippen MR) is 196 cm³/mol. The highest BCUT2D eigenvalue weighted by Crippen LogP contribution is 2.54. The van der Waals surface area contributed by atoms with Crippen molar-refractivity contribution in [3.63, 3.8) is 0 Å². The highest BCUT2D eigenvalue weighted by Gasteiger charge is 2.44. The van der Waals surface area contributed by atoms with Gasteiger partial charge in [-0.25, -0.2) is 0 Å². The Bertz CT molecular complexity index is 1530. The van der Waals surface area contributed by atoms with Crippen LogP contribution in [0.5, 0.6) is 0 Å². The summed E-state index contributed by atoms with van der Waals surface area (Å²) in [7, 11) is 0. The predicted octanol–water partition coefficient (Wildman–Crippen LogP) is 8.22. The van der Waals surface area contributed by atoms with Gasteiger partial charge < -0.3 is 10.6 Å². The maximum Gasteiger partial charge on any atom is 0.253 e. The van der Waals surface area contributed by atoms with Gasteiger partial charge in [0.25, 0.3) is 11.8 Å². The molecule has 2 amide bonds. The quantitative estimate of drug-likeness (QED) is 0.227. The molecule has 4 fully saturated rings. The first-order valence-electron chi connectivity index (χ1n) is 19.8. The molecule has 3 aromatic rings. The molecule has 4 atom stereocenters. The molecule has 50 heavy (non-hydrogen) atoms. The summed E-state index contributed by atoms with van der Waals surface area (Å²) in [6.45, 7) is 2.37. The molecule has 2 N–H and O–H groups in total. The lowest BCUT2D eigenvalue weighted by Gasteiger charge is -2.31. The fourth-order valence-corrected chi connectivity index (χ4v) is 11.0. The molecule has 262 valence electrons. The van der Waals surface area contributed by atoms with Crippen molar-refractivity contribution in [2.75, 3.05) is 13.1 Å². The Morgan fingerprint density at radius 3 is 1.26 bits per heavy atom. The van der Waals surface area contributed by atoms with Crippen LogP contribution in [0.3, 0.4) is 0 Å². The van der Waals surface area contributed by atoms with Crippen LogP contribution in [-0.4, -0.2) is 51.8 Å². The van der Waals surface area contributed by atoms with E-state index in [1.165, 1.54) is 51.6 Å². The number of nitrogens with one attached hydrogen (secondary N) is 2. The standard InChI is InChI=1S/C43H53N5O2/c49-42(45-32-13-9-28(10-14-32)21-23-47-38-17-18-39(47)35-6-2-1-5-34(35)38)30-25-31(27-44-26-30)43(50)46-33-15-11-29(12-16-33)22-24-48-40-19-20-41(48)37-8-4-3-7-36(37)40/h1-8,25-29,32-33,38-41H,9-24H2,(H,45,49)(H,46,50). The molecule has 2 aliphatic carbocycles. The van der Waals surface area contributed by atoms with Crippen LogP contribution in [0.15, 0.2) is 67.0 Å². The second-order valence-electron chi connectivity index (χ2n) is 16.4. The minimum Gasteiger partial charge on any atom is -0.349 e. The van der Waals surface area contributed by atoms with Gasteiger partial charge in [0.05, 0.1) is 11.1 Å². The number of carbonyl (C=O) groups is 2. The Morgan fingerprint density at radius 1 is 0.540 bits per heavy atom. The highest BCUT2D eigenvalue weighted by atomic mass is 16.2. The van der Waals surface area contributed by atoms with E-state index in [1.807, 2.05) is 0 Å². The Kier molecular flexibility index (Phi) is 8.98. The third-order valence-electron chi connectivity index (χ3n) is 13.7. The lowest BCUT2D eigenvalue weighted by Crippen LogP contribution is -2.39. The monoisotopic (exact) mass is 671 g/mol. The number of pyridine rings is 1. The van der Waals surface area contributed by atoms with Crippen molar-refractivity contribution in [2.24, 2.45) is 11.8 Å². The molecule has 2 saturated heterocycles. The summed E-state index contributed by atoms with van der Waals surface area (Å²) in [6, 6.07) is 22.7.